The van der Waals surface area contributed by atoms with Gasteiger partial charge in [0.1, 0.15) is 5.75 Å². The Balaban J connectivity index is 2.23. The first kappa shape index (κ1) is 14.0. The number of para-hydroxylation sites is 1. The van der Waals surface area contributed by atoms with Crippen molar-refractivity contribution in [2.24, 2.45) is 0 Å². The summed E-state index contributed by atoms with van der Waals surface area (Å²) in [5.74, 6) is 0.252. The highest BCUT2D eigenvalue weighted by Crippen LogP contribution is 2.23. The molecule has 0 radical (unpaired) electrons. The standard InChI is InChI=1S/C14H19ClO2/c1-2-3-4-5-6-11-14(16)17-13-10-8-7-9-12(13)15/h7-10H,2-6,11H2,1H3. The molecule has 0 N–H and O–H groups in total. The fourth-order valence-electron chi connectivity index (χ4n) is 1.57. The molecule has 1 aromatic rings. The van der Waals surface area contributed by atoms with E-state index in [9.17, 15) is 4.79 Å². The van der Waals surface area contributed by atoms with Gasteiger partial charge >= 0.3 is 5.97 Å². The molecule has 0 aliphatic heterocycles. The van der Waals surface area contributed by atoms with E-state index in [1.54, 1.807) is 18.2 Å². The van der Waals surface area contributed by atoms with Gasteiger partial charge in [-0.2, -0.15) is 0 Å². The molecule has 0 aliphatic rings. The minimum absolute atomic E-state index is 0.199. The molecule has 0 aromatic heterocycles. The summed E-state index contributed by atoms with van der Waals surface area (Å²) in [6.45, 7) is 2.17. The van der Waals surface area contributed by atoms with Gasteiger partial charge in [0.05, 0.1) is 5.02 Å². The zero-order chi connectivity index (χ0) is 12.5. The summed E-state index contributed by atoms with van der Waals surface area (Å²) in [6.07, 6.45) is 6.09. The number of hydrogen-bond donors (Lipinski definition) is 0. The van der Waals surface area contributed by atoms with E-state index in [1.807, 2.05) is 6.07 Å². The van der Waals surface area contributed by atoms with Crippen LogP contribution in [0.3, 0.4) is 0 Å². The van der Waals surface area contributed by atoms with E-state index < -0.39 is 0 Å². The zero-order valence-electron chi connectivity index (χ0n) is 10.2. The second kappa shape index (κ2) is 8.13. The van der Waals surface area contributed by atoms with E-state index in [0.717, 1.165) is 12.8 Å². The first-order valence-corrected chi connectivity index (χ1v) is 6.57. The summed E-state index contributed by atoms with van der Waals surface area (Å²) in [5, 5.41) is 0.479. The van der Waals surface area contributed by atoms with Gasteiger partial charge in [-0.3, -0.25) is 4.79 Å². The summed E-state index contributed by atoms with van der Waals surface area (Å²) in [4.78, 5) is 11.5. The molecular weight excluding hydrogens is 236 g/mol. The Labute approximate surface area is 108 Å². The Hall–Kier alpha value is -1.02. The van der Waals surface area contributed by atoms with Crippen LogP contribution in [-0.4, -0.2) is 5.97 Å². The molecule has 1 rings (SSSR count). The molecule has 0 fully saturated rings. The van der Waals surface area contributed by atoms with E-state index in [4.69, 9.17) is 16.3 Å². The Morgan fingerprint density at radius 2 is 1.88 bits per heavy atom. The summed E-state index contributed by atoms with van der Waals surface area (Å²) >= 11 is 5.89. The average molecular weight is 255 g/mol. The molecule has 0 amide bonds. The Bertz CT molecular complexity index is 350. The number of rotatable bonds is 7. The lowest BCUT2D eigenvalue weighted by atomic mass is 10.1. The largest absolute Gasteiger partial charge is 0.425 e. The topological polar surface area (TPSA) is 26.3 Å². The highest BCUT2D eigenvalue weighted by molar-refractivity contribution is 6.32. The minimum atomic E-state index is -0.199. The molecule has 0 saturated carbocycles. The van der Waals surface area contributed by atoms with Gasteiger partial charge in [0, 0.05) is 6.42 Å². The number of carbonyl (C=O) groups is 1. The highest BCUT2D eigenvalue weighted by Gasteiger charge is 2.07. The van der Waals surface area contributed by atoms with Gasteiger partial charge in [-0.15, -0.1) is 0 Å². The van der Waals surface area contributed by atoms with Crippen LogP contribution in [0, 0.1) is 0 Å². The minimum Gasteiger partial charge on any atom is -0.425 e. The smallest absolute Gasteiger partial charge is 0.311 e. The lowest BCUT2D eigenvalue weighted by Crippen LogP contribution is -2.07. The second-order valence-electron chi connectivity index (χ2n) is 4.07. The predicted molar refractivity (Wildman–Crippen MR) is 70.5 cm³/mol. The third kappa shape index (κ3) is 5.73. The molecule has 0 unspecified atom stereocenters. The van der Waals surface area contributed by atoms with Crippen molar-refractivity contribution in [2.45, 2.75) is 45.4 Å². The monoisotopic (exact) mass is 254 g/mol. The number of halogens is 1. The van der Waals surface area contributed by atoms with Crippen LogP contribution in [0.5, 0.6) is 5.75 Å². The first-order valence-electron chi connectivity index (χ1n) is 6.19. The number of hydrogen-bond acceptors (Lipinski definition) is 2. The summed E-state index contributed by atoms with van der Waals surface area (Å²) in [6, 6.07) is 7.03. The molecule has 94 valence electrons. The van der Waals surface area contributed by atoms with Crippen molar-refractivity contribution in [3.05, 3.63) is 29.3 Å². The number of unbranched alkanes of at least 4 members (excludes halogenated alkanes) is 4. The van der Waals surface area contributed by atoms with Crippen molar-refractivity contribution in [3.63, 3.8) is 0 Å². The van der Waals surface area contributed by atoms with Crippen LogP contribution in [0.2, 0.25) is 5.02 Å². The maximum Gasteiger partial charge on any atom is 0.311 e. The van der Waals surface area contributed by atoms with Crippen molar-refractivity contribution < 1.29 is 9.53 Å². The van der Waals surface area contributed by atoms with E-state index >= 15 is 0 Å². The van der Waals surface area contributed by atoms with Crippen LogP contribution in [0.4, 0.5) is 0 Å². The normalized spacial score (nSPS) is 10.2. The SMILES string of the molecule is CCCCCCCC(=O)Oc1ccccc1Cl. The van der Waals surface area contributed by atoms with E-state index in [0.29, 0.717) is 17.2 Å². The molecule has 3 heteroatoms. The van der Waals surface area contributed by atoms with Crippen molar-refractivity contribution >= 4 is 17.6 Å². The molecule has 0 atom stereocenters. The third-order valence-corrected chi connectivity index (χ3v) is 2.86. The zero-order valence-corrected chi connectivity index (χ0v) is 11.0. The Kier molecular flexibility index (Phi) is 6.71. The Morgan fingerprint density at radius 3 is 2.59 bits per heavy atom. The summed E-state index contributed by atoms with van der Waals surface area (Å²) < 4.78 is 5.18. The molecular formula is C14H19ClO2. The van der Waals surface area contributed by atoms with Gasteiger partial charge in [0.15, 0.2) is 0 Å². The number of benzene rings is 1. The van der Waals surface area contributed by atoms with Crippen molar-refractivity contribution in [1.82, 2.24) is 0 Å². The van der Waals surface area contributed by atoms with Gasteiger partial charge in [-0.05, 0) is 18.6 Å². The van der Waals surface area contributed by atoms with E-state index in [-0.39, 0.29) is 5.97 Å². The van der Waals surface area contributed by atoms with Crippen LogP contribution < -0.4 is 4.74 Å². The maximum absolute atomic E-state index is 11.5. The van der Waals surface area contributed by atoms with Gasteiger partial charge in [0.2, 0.25) is 0 Å². The predicted octanol–water partition coefficient (Wildman–Crippen LogP) is 4.61. The summed E-state index contributed by atoms with van der Waals surface area (Å²) in [7, 11) is 0. The Morgan fingerprint density at radius 1 is 1.18 bits per heavy atom. The van der Waals surface area contributed by atoms with Crippen LogP contribution >= 0.6 is 11.6 Å². The lowest BCUT2D eigenvalue weighted by Gasteiger charge is -2.05. The van der Waals surface area contributed by atoms with Gasteiger partial charge < -0.3 is 4.74 Å². The average Bonchev–Trinajstić information content (AvgIpc) is 2.32. The number of esters is 1. The highest BCUT2D eigenvalue weighted by atomic mass is 35.5. The summed E-state index contributed by atoms with van der Waals surface area (Å²) in [5.41, 5.74) is 0. The molecule has 2 nitrogen and oxygen atoms in total. The molecule has 17 heavy (non-hydrogen) atoms. The van der Waals surface area contributed by atoms with Crippen molar-refractivity contribution in [2.75, 3.05) is 0 Å². The molecule has 0 bridgehead atoms. The van der Waals surface area contributed by atoms with Crippen LogP contribution in [0.1, 0.15) is 45.4 Å². The second-order valence-corrected chi connectivity index (χ2v) is 4.48. The van der Waals surface area contributed by atoms with E-state index in [1.165, 1.54) is 19.3 Å². The van der Waals surface area contributed by atoms with Gasteiger partial charge in [-0.1, -0.05) is 56.3 Å². The van der Waals surface area contributed by atoms with Gasteiger partial charge in [-0.25, -0.2) is 0 Å². The lowest BCUT2D eigenvalue weighted by molar-refractivity contribution is -0.134. The molecule has 1 aromatic carbocycles. The van der Waals surface area contributed by atoms with Gasteiger partial charge in [0.25, 0.3) is 0 Å². The fraction of sp³-hybridized carbons (Fsp3) is 0.500. The van der Waals surface area contributed by atoms with Crippen LogP contribution in [0.15, 0.2) is 24.3 Å². The van der Waals surface area contributed by atoms with Crippen LogP contribution in [-0.2, 0) is 4.79 Å². The number of ether oxygens (including phenoxy) is 1. The quantitative estimate of drug-likeness (QED) is 0.404. The third-order valence-electron chi connectivity index (χ3n) is 2.54. The maximum atomic E-state index is 11.5. The molecule has 0 spiro atoms. The van der Waals surface area contributed by atoms with Crippen LogP contribution in [0.25, 0.3) is 0 Å². The molecule has 0 aliphatic carbocycles. The molecule has 0 saturated heterocycles. The fourth-order valence-corrected chi connectivity index (χ4v) is 1.75. The van der Waals surface area contributed by atoms with Crippen molar-refractivity contribution in [1.29, 1.82) is 0 Å². The van der Waals surface area contributed by atoms with E-state index in [2.05, 4.69) is 6.92 Å². The molecule has 0 heterocycles. The van der Waals surface area contributed by atoms with Crippen molar-refractivity contribution in [3.8, 4) is 5.75 Å². The number of carbonyl (C=O) groups excluding carboxylic acids is 1. The first-order chi connectivity index (χ1) is 8.24.